The van der Waals surface area contributed by atoms with Gasteiger partial charge in [0.05, 0.1) is 6.20 Å². The topological polar surface area (TPSA) is 27.5 Å². The van der Waals surface area contributed by atoms with E-state index in [-0.39, 0.29) is 0 Å². The van der Waals surface area contributed by atoms with E-state index in [1.54, 1.807) is 0 Å². The van der Waals surface area contributed by atoms with Gasteiger partial charge >= 0.3 is 0 Å². The van der Waals surface area contributed by atoms with Crippen LogP contribution in [0.3, 0.4) is 0 Å². The Labute approximate surface area is 145 Å². The van der Waals surface area contributed by atoms with Gasteiger partial charge in [-0.25, -0.2) is 4.40 Å². The minimum absolute atomic E-state index is 0.590. The molecule has 0 bridgehead atoms. The van der Waals surface area contributed by atoms with Gasteiger partial charge in [-0.3, -0.25) is 0 Å². The molecular weight excluding hydrogens is 312 g/mol. The summed E-state index contributed by atoms with van der Waals surface area (Å²) in [6, 6.07) is 22.7. The first kappa shape index (κ1) is 14.1. The monoisotopic (exact) mass is 329 g/mol. The summed E-state index contributed by atoms with van der Waals surface area (Å²) in [6.07, 6.45) is 4.21. The number of rotatable bonds is 2. The number of fused-ring (bicyclic) bond motifs is 2. The van der Waals surface area contributed by atoms with E-state index >= 15 is 0 Å². The summed E-state index contributed by atoms with van der Waals surface area (Å²) in [5.74, 6) is 1.61. The Balaban J connectivity index is 1.76. The van der Waals surface area contributed by atoms with Crippen molar-refractivity contribution in [2.24, 2.45) is 0 Å². The molecule has 3 heterocycles. The summed E-state index contributed by atoms with van der Waals surface area (Å²) in [4.78, 5) is 0. The maximum atomic E-state index is 5.76. The summed E-state index contributed by atoms with van der Waals surface area (Å²) < 4.78 is 15.8. The first-order chi connectivity index (χ1) is 12.4. The Hall–Kier alpha value is -3.27. The van der Waals surface area contributed by atoms with Crippen molar-refractivity contribution in [1.29, 1.82) is 0 Å². The largest absolute Gasteiger partial charge is 0.486 e. The molecule has 0 aliphatic carbocycles. The SMILES string of the molecule is c1ccc(-n2c(-c3ccc4c(c3)OCCO4)c[n+]3ccccc23)cc1. The van der Waals surface area contributed by atoms with Crippen LogP contribution < -0.4 is 13.9 Å². The van der Waals surface area contributed by atoms with Gasteiger partial charge in [-0.05, 0) is 36.4 Å². The van der Waals surface area contributed by atoms with E-state index in [1.165, 1.54) is 0 Å². The Kier molecular flexibility index (Phi) is 3.20. The average molecular weight is 329 g/mol. The van der Waals surface area contributed by atoms with Gasteiger partial charge in [-0.15, -0.1) is 0 Å². The standard InChI is InChI=1S/C21H17N2O2/c1-2-6-17(7-3-1)23-18(15-22-11-5-4-8-21(22)23)16-9-10-19-20(14-16)25-13-12-24-19/h1-11,14-15H,12-13H2/q+1. The number of para-hydroxylation sites is 1. The van der Waals surface area contributed by atoms with Crippen LogP contribution in [-0.4, -0.2) is 17.8 Å². The molecule has 25 heavy (non-hydrogen) atoms. The van der Waals surface area contributed by atoms with Gasteiger partial charge in [-0.2, -0.15) is 4.57 Å². The summed E-state index contributed by atoms with van der Waals surface area (Å²) in [7, 11) is 0. The molecule has 0 radical (unpaired) electrons. The third-order valence-electron chi connectivity index (χ3n) is 4.45. The molecule has 122 valence electrons. The molecule has 0 N–H and O–H groups in total. The van der Waals surface area contributed by atoms with Crippen molar-refractivity contribution in [2.75, 3.05) is 13.2 Å². The minimum atomic E-state index is 0.590. The summed E-state index contributed by atoms with van der Waals surface area (Å²) in [5, 5.41) is 0. The van der Waals surface area contributed by atoms with Crippen LogP contribution in [0, 0.1) is 0 Å². The van der Waals surface area contributed by atoms with Gasteiger partial charge in [0.1, 0.15) is 25.1 Å². The lowest BCUT2D eigenvalue weighted by atomic mass is 10.1. The number of aromatic nitrogens is 2. The molecule has 0 atom stereocenters. The Morgan fingerprint density at radius 1 is 0.800 bits per heavy atom. The molecule has 4 nitrogen and oxygen atoms in total. The zero-order valence-electron chi connectivity index (χ0n) is 13.6. The number of pyridine rings is 1. The molecule has 0 amide bonds. The van der Waals surface area contributed by atoms with E-state index in [2.05, 4.69) is 69.9 Å². The number of hydrogen-bond donors (Lipinski definition) is 0. The smallest absolute Gasteiger partial charge is 0.291 e. The fourth-order valence-corrected chi connectivity index (χ4v) is 3.31. The molecule has 4 heteroatoms. The highest BCUT2D eigenvalue weighted by Gasteiger charge is 2.22. The minimum Gasteiger partial charge on any atom is -0.486 e. The molecule has 5 rings (SSSR count). The van der Waals surface area contributed by atoms with E-state index in [0.717, 1.165) is 34.1 Å². The molecule has 0 saturated heterocycles. The third-order valence-corrected chi connectivity index (χ3v) is 4.45. The van der Waals surface area contributed by atoms with E-state index in [1.807, 2.05) is 18.2 Å². The molecule has 0 saturated carbocycles. The predicted molar refractivity (Wildman–Crippen MR) is 95.4 cm³/mol. The van der Waals surface area contributed by atoms with Crippen LogP contribution in [0.2, 0.25) is 0 Å². The predicted octanol–water partition coefficient (Wildman–Crippen LogP) is 3.65. The second-order valence-corrected chi connectivity index (χ2v) is 6.01. The number of nitrogens with zero attached hydrogens (tertiary/aromatic N) is 2. The van der Waals surface area contributed by atoms with Crippen LogP contribution >= 0.6 is 0 Å². The van der Waals surface area contributed by atoms with E-state index in [9.17, 15) is 0 Å². The summed E-state index contributed by atoms with van der Waals surface area (Å²) in [5.41, 5.74) is 4.44. The van der Waals surface area contributed by atoms with Crippen molar-refractivity contribution in [1.82, 2.24) is 4.57 Å². The van der Waals surface area contributed by atoms with Crippen LogP contribution in [0.4, 0.5) is 0 Å². The Morgan fingerprint density at radius 2 is 1.60 bits per heavy atom. The van der Waals surface area contributed by atoms with Crippen molar-refractivity contribution < 1.29 is 13.9 Å². The normalized spacial score (nSPS) is 13.1. The zero-order valence-corrected chi connectivity index (χ0v) is 13.6. The van der Waals surface area contributed by atoms with Crippen molar-refractivity contribution in [2.45, 2.75) is 0 Å². The molecule has 1 aliphatic heterocycles. The number of ether oxygens (including phenoxy) is 2. The highest BCUT2D eigenvalue weighted by Crippen LogP contribution is 2.35. The maximum Gasteiger partial charge on any atom is 0.291 e. The van der Waals surface area contributed by atoms with E-state index in [0.29, 0.717) is 13.2 Å². The van der Waals surface area contributed by atoms with Gasteiger partial charge in [-0.1, -0.05) is 24.3 Å². The third kappa shape index (κ3) is 2.34. The van der Waals surface area contributed by atoms with Crippen LogP contribution in [0.25, 0.3) is 22.6 Å². The number of benzene rings is 2. The second-order valence-electron chi connectivity index (χ2n) is 6.01. The summed E-state index contributed by atoms with van der Waals surface area (Å²) in [6.45, 7) is 1.19. The van der Waals surface area contributed by atoms with Crippen molar-refractivity contribution in [3.05, 3.63) is 79.1 Å². The van der Waals surface area contributed by atoms with Crippen LogP contribution in [0.1, 0.15) is 0 Å². The van der Waals surface area contributed by atoms with E-state index < -0.39 is 0 Å². The Morgan fingerprint density at radius 3 is 2.48 bits per heavy atom. The molecule has 1 aliphatic rings. The lowest BCUT2D eigenvalue weighted by Gasteiger charge is -2.18. The molecule has 2 aromatic carbocycles. The van der Waals surface area contributed by atoms with Crippen LogP contribution in [0.15, 0.2) is 79.1 Å². The van der Waals surface area contributed by atoms with E-state index in [4.69, 9.17) is 9.47 Å². The quantitative estimate of drug-likeness (QED) is 0.525. The highest BCUT2D eigenvalue weighted by molar-refractivity contribution is 5.68. The highest BCUT2D eigenvalue weighted by atomic mass is 16.6. The van der Waals surface area contributed by atoms with Crippen LogP contribution in [-0.2, 0) is 0 Å². The zero-order chi connectivity index (χ0) is 16.6. The van der Waals surface area contributed by atoms with Gasteiger partial charge in [0.2, 0.25) is 0 Å². The molecule has 0 fully saturated rings. The first-order valence-corrected chi connectivity index (χ1v) is 8.37. The molecular formula is C21H17N2O2+. The molecule has 2 aromatic heterocycles. The second kappa shape index (κ2) is 5.67. The van der Waals surface area contributed by atoms with Gasteiger partial charge in [0, 0.05) is 11.6 Å². The fraction of sp³-hybridized carbons (Fsp3) is 0.0952. The average Bonchev–Trinajstić information content (AvgIpc) is 3.08. The van der Waals surface area contributed by atoms with Gasteiger partial charge in [0.25, 0.3) is 5.65 Å². The molecule has 0 unspecified atom stereocenters. The van der Waals surface area contributed by atoms with Crippen molar-refractivity contribution >= 4 is 5.65 Å². The number of hydrogen-bond acceptors (Lipinski definition) is 2. The summed E-state index contributed by atoms with van der Waals surface area (Å²) >= 11 is 0. The maximum absolute atomic E-state index is 5.76. The van der Waals surface area contributed by atoms with Gasteiger partial charge in [0.15, 0.2) is 17.2 Å². The Bertz CT molecular complexity index is 1050. The lowest BCUT2D eigenvalue weighted by Crippen LogP contribution is -2.17. The lowest BCUT2D eigenvalue weighted by molar-refractivity contribution is -0.510. The number of imidazole rings is 1. The van der Waals surface area contributed by atoms with Gasteiger partial charge < -0.3 is 9.47 Å². The fourth-order valence-electron chi connectivity index (χ4n) is 3.31. The van der Waals surface area contributed by atoms with Crippen molar-refractivity contribution in [3.63, 3.8) is 0 Å². The first-order valence-electron chi connectivity index (χ1n) is 8.37. The molecule has 0 spiro atoms. The molecule has 4 aromatic rings. The van der Waals surface area contributed by atoms with Crippen LogP contribution in [0.5, 0.6) is 11.5 Å². The van der Waals surface area contributed by atoms with Crippen molar-refractivity contribution in [3.8, 4) is 28.4 Å².